The summed E-state index contributed by atoms with van der Waals surface area (Å²) in [5.74, 6) is -3.52. The van der Waals surface area contributed by atoms with Crippen molar-refractivity contribution < 1.29 is 27.4 Å². The number of ether oxygens (including phenoxy) is 2. The van der Waals surface area contributed by atoms with Gasteiger partial charge in [-0.15, -0.1) is 0 Å². The van der Waals surface area contributed by atoms with Crippen molar-refractivity contribution in [2.45, 2.75) is 43.8 Å². The van der Waals surface area contributed by atoms with Crippen LogP contribution in [0.5, 0.6) is 0 Å². The maximum Gasteiger partial charge on any atom is 0.471 e. The van der Waals surface area contributed by atoms with Crippen molar-refractivity contribution in [3.05, 3.63) is 48.0 Å². The molecule has 0 aromatic heterocycles. The standard InChI is InChI=1S/C20H25F3N2O3/c1-2-7-16-15(13-24-18(26)20(21,22)23)19(27-10-6-11-28-19)12-17(25-16)14-8-4-3-5-9-14/h2-5,7-9,15-17,25H,6,10-13H2,1H3,(H,24,26)/b7-2+/t15-,16-,17-/m0/s1. The maximum atomic E-state index is 12.7. The van der Waals surface area contributed by atoms with Crippen molar-refractivity contribution in [3.63, 3.8) is 0 Å². The highest BCUT2D eigenvalue weighted by atomic mass is 19.4. The molecule has 0 radical (unpaired) electrons. The summed E-state index contributed by atoms with van der Waals surface area (Å²) < 4.78 is 50.1. The zero-order valence-electron chi connectivity index (χ0n) is 15.7. The van der Waals surface area contributed by atoms with E-state index in [1.807, 2.05) is 54.7 Å². The Labute approximate surface area is 162 Å². The Morgan fingerprint density at radius 3 is 2.57 bits per heavy atom. The van der Waals surface area contributed by atoms with Gasteiger partial charge in [0.1, 0.15) is 0 Å². The average Bonchev–Trinajstić information content (AvgIpc) is 2.68. The minimum atomic E-state index is -4.92. The van der Waals surface area contributed by atoms with Gasteiger partial charge in [0.2, 0.25) is 0 Å². The van der Waals surface area contributed by atoms with Gasteiger partial charge < -0.3 is 20.1 Å². The van der Waals surface area contributed by atoms with Crippen LogP contribution in [0.3, 0.4) is 0 Å². The normalized spacial score (nSPS) is 27.8. The zero-order chi connectivity index (χ0) is 20.2. The Morgan fingerprint density at radius 2 is 1.96 bits per heavy atom. The number of alkyl halides is 3. The summed E-state index contributed by atoms with van der Waals surface area (Å²) in [4.78, 5) is 11.4. The van der Waals surface area contributed by atoms with E-state index in [0.717, 1.165) is 12.0 Å². The van der Waals surface area contributed by atoms with E-state index in [1.165, 1.54) is 0 Å². The predicted octanol–water partition coefficient (Wildman–Crippen LogP) is 3.09. The first-order chi connectivity index (χ1) is 13.4. The lowest BCUT2D eigenvalue weighted by atomic mass is 9.78. The molecular formula is C20H25F3N2O3. The number of carbonyl (C=O) groups excluding carboxylic acids is 1. The van der Waals surface area contributed by atoms with Gasteiger partial charge in [0.25, 0.3) is 0 Å². The Kier molecular flexibility index (Phi) is 6.42. The summed E-state index contributed by atoms with van der Waals surface area (Å²) >= 11 is 0. The molecule has 0 saturated carbocycles. The number of amides is 1. The van der Waals surface area contributed by atoms with E-state index in [1.54, 1.807) is 0 Å². The number of carbonyl (C=O) groups is 1. The Bertz CT molecular complexity index is 688. The Morgan fingerprint density at radius 1 is 1.29 bits per heavy atom. The third-order valence-electron chi connectivity index (χ3n) is 5.20. The van der Waals surface area contributed by atoms with Crippen LogP contribution < -0.4 is 10.6 Å². The highest BCUT2D eigenvalue weighted by molar-refractivity contribution is 5.81. The van der Waals surface area contributed by atoms with Gasteiger partial charge in [0, 0.05) is 31.0 Å². The van der Waals surface area contributed by atoms with Crippen LogP contribution in [-0.4, -0.2) is 43.7 Å². The van der Waals surface area contributed by atoms with Crippen molar-refractivity contribution in [3.8, 4) is 0 Å². The molecule has 1 aromatic rings. The molecule has 3 rings (SSSR count). The predicted molar refractivity (Wildman–Crippen MR) is 97.3 cm³/mol. The van der Waals surface area contributed by atoms with Crippen LogP contribution in [0.2, 0.25) is 0 Å². The number of halogens is 3. The SMILES string of the molecule is C/C=C/[C@@H]1N[C@H](c2ccccc2)CC2(OCCCO2)[C@H]1CNC(=O)C(F)(F)F. The van der Waals surface area contributed by atoms with Crippen LogP contribution in [0.25, 0.3) is 0 Å². The third kappa shape index (κ3) is 4.56. The molecule has 0 aliphatic carbocycles. The molecule has 0 bridgehead atoms. The second-order valence-electron chi connectivity index (χ2n) is 7.06. The molecule has 3 atom stereocenters. The Hall–Kier alpha value is -1.90. The summed E-state index contributed by atoms with van der Waals surface area (Å²) in [5, 5.41) is 5.48. The second-order valence-corrected chi connectivity index (χ2v) is 7.06. The van der Waals surface area contributed by atoms with E-state index in [2.05, 4.69) is 5.32 Å². The van der Waals surface area contributed by atoms with Gasteiger partial charge in [-0.2, -0.15) is 13.2 Å². The number of benzene rings is 1. The maximum absolute atomic E-state index is 12.7. The molecule has 2 N–H and O–H groups in total. The minimum absolute atomic E-state index is 0.0879. The summed E-state index contributed by atoms with van der Waals surface area (Å²) in [6, 6.07) is 9.37. The van der Waals surface area contributed by atoms with E-state index in [-0.39, 0.29) is 18.6 Å². The smallest absolute Gasteiger partial charge is 0.349 e. The summed E-state index contributed by atoms with van der Waals surface area (Å²) in [6.45, 7) is 2.57. The monoisotopic (exact) mass is 398 g/mol. The van der Waals surface area contributed by atoms with Crippen molar-refractivity contribution in [2.75, 3.05) is 19.8 Å². The number of nitrogens with one attached hydrogen (secondary N) is 2. The van der Waals surface area contributed by atoms with E-state index >= 15 is 0 Å². The second kappa shape index (κ2) is 8.63. The lowest BCUT2D eigenvalue weighted by Crippen LogP contribution is -2.63. The van der Waals surface area contributed by atoms with E-state index in [0.29, 0.717) is 19.6 Å². The van der Waals surface area contributed by atoms with Crippen LogP contribution in [0.1, 0.15) is 31.4 Å². The van der Waals surface area contributed by atoms with E-state index in [4.69, 9.17) is 9.47 Å². The summed E-state index contributed by atoms with van der Waals surface area (Å²) in [6.07, 6.45) is -0.0480. The number of hydrogen-bond donors (Lipinski definition) is 2. The van der Waals surface area contributed by atoms with Crippen molar-refractivity contribution in [2.24, 2.45) is 5.92 Å². The van der Waals surface area contributed by atoms with Crippen LogP contribution in [0.15, 0.2) is 42.5 Å². The molecule has 1 amide bonds. The van der Waals surface area contributed by atoms with Crippen molar-refractivity contribution in [1.29, 1.82) is 0 Å². The molecule has 5 nitrogen and oxygen atoms in total. The lowest BCUT2D eigenvalue weighted by Gasteiger charge is -2.51. The molecular weight excluding hydrogens is 373 g/mol. The fraction of sp³-hybridized carbons (Fsp3) is 0.550. The third-order valence-corrected chi connectivity index (χ3v) is 5.20. The molecule has 2 aliphatic heterocycles. The van der Waals surface area contributed by atoms with Crippen molar-refractivity contribution in [1.82, 2.24) is 10.6 Å². The number of allylic oxidation sites excluding steroid dienone is 1. The van der Waals surface area contributed by atoms with E-state index in [9.17, 15) is 18.0 Å². The van der Waals surface area contributed by atoms with E-state index < -0.39 is 23.8 Å². The van der Waals surface area contributed by atoms with Gasteiger partial charge in [-0.05, 0) is 18.9 Å². The minimum Gasteiger partial charge on any atom is -0.349 e. The van der Waals surface area contributed by atoms with Crippen molar-refractivity contribution >= 4 is 5.91 Å². The average molecular weight is 398 g/mol. The summed E-state index contributed by atoms with van der Waals surface area (Å²) in [5.41, 5.74) is 1.05. The van der Waals surface area contributed by atoms with Gasteiger partial charge in [0.15, 0.2) is 5.79 Å². The summed E-state index contributed by atoms with van der Waals surface area (Å²) in [7, 11) is 0. The lowest BCUT2D eigenvalue weighted by molar-refractivity contribution is -0.310. The molecule has 1 aromatic carbocycles. The largest absolute Gasteiger partial charge is 0.471 e. The van der Waals surface area contributed by atoms with Crippen LogP contribution in [-0.2, 0) is 14.3 Å². The first-order valence-corrected chi connectivity index (χ1v) is 9.42. The van der Waals surface area contributed by atoms with Gasteiger partial charge in [-0.25, -0.2) is 0 Å². The fourth-order valence-corrected chi connectivity index (χ4v) is 3.92. The fourth-order valence-electron chi connectivity index (χ4n) is 3.92. The van der Waals surface area contributed by atoms with Gasteiger partial charge in [-0.3, -0.25) is 4.79 Å². The molecule has 2 saturated heterocycles. The first-order valence-electron chi connectivity index (χ1n) is 9.42. The molecule has 2 fully saturated rings. The van der Waals surface area contributed by atoms with Gasteiger partial charge in [0.05, 0.1) is 13.2 Å². The molecule has 1 spiro atoms. The number of hydrogen-bond acceptors (Lipinski definition) is 4. The van der Waals surface area contributed by atoms with Crippen LogP contribution in [0, 0.1) is 5.92 Å². The van der Waals surface area contributed by atoms with Crippen LogP contribution >= 0.6 is 0 Å². The Balaban J connectivity index is 1.87. The van der Waals surface area contributed by atoms with Gasteiger partial charge >= 0.3 is 12.1 Å². The quantitative estimate of drug-likeness (QED) is 0.766. The highest BCUT2D eigenvalue weighted by Gasteiger charge is 2.52. The topological polar surface area (TPSA) is 59.6 Å². The molecule has 0 unspecified atom stereocenters. The molecule has 2 heterocycles. The molecule has 28 heavy (non-hydrogen) atoms. The zero-order valence-corrected chi connectivity index (χ0v) is 15.7. The van der Waals surface area contributed by atoms with Crippen LogP contribution in [0.4, 0.5) is 13.2 Å². The molecule has 2 aliphatic rings. The first kappa shape index (κ1) is 20.8. The van der Waals surface area contributed by atoms with Gasteiger partial charge in [-0.1, -0.05) is 42.5 Å². The molecule has 154 valence electrons. The number of rotatable bonds is 4. The molecule has 8 heteroatoms. The highest BCUT2D eigenvalue weighted by Crippen LogP contribution is 2.42. The number of piperidine rings is 1.